The number of hydrogen-bond acceptors (Lipinski definition) is 3. The van der Waals surface area contributed by atoms with Gasteiger partial charge in [0.15, 0.2) is 0 Å². The number of hydrogen-bond donors (Lipinski definition) is 1. The lowest BCUT2D eigenvalue weighted by Gasteiger charge is -2.15. The van der Waals surface area contributed by atoms with E-state index < -0.39 is 0 Å². The topological polar surface area (TPSA) is 29.9 Å². The summed E-state index contributed by atoms with van der Waals surface area (Å²) in [5.41, 5.74) is 3.79. The van der Waals surface area contributed by atoms with Crippen molar-refractivity contribution in [2.45, 2.75) is 33.4 Å². The molecule has 0 aliphatic rings. The van der Waals surface area contributed by atoms with Crippen LogP contribution in [0.4, 0.5) is 0 Å². The molecule has 1 atom stereocenters. The van der Waals surface area contributed by atoms with Crippen molar-refractivity contribution in [1.82, 2.24) is 14.9 Å². The van der Waals surface area contributed by atoms with Gasteiger partial charge in [-0.15, -0.1) is 0 Å². The van der Waals surface area contributed by atoms with Gasteiger partial charge in [0.25, 0.3) is 0 Å². The molecule has 0 spiro atoms. The maximum atomic E-state index is 4.51. The lowest BCUT2D eigenvalue weighted by atomic mass is 10.0. The van der Waals surface area contributed by atoms with Gasteiger partial charge in [-0.25, -0.2) is 4.98 Å². The molecule has 17 heavy (non-hydrogen) atoms. The Bertz CT molecular complexity index is 472. The number of thiophene rings is 1. The Morgan fingerprint density at radius 3 is 2.76 bits per heavy atom. The van der Waals surface area contributed by atoms with Crippen molar-refractivity contribution < 1.29 is 0 Å². The Kier molecular flexibility index (Phi) is 3.97. The second-order valence-corrected chi connectivity index (χ2v) is 4.87. The molecule has 2 rings (SSSR count). The SMILES string of the molecule is CCNC(c1cn(CC)cn1)c1cscc1C. The van der Waals surface area contributed by atoms with Gasteiger partial charge in [0, 0.05) is 12.7 Å². The smallest absolute Gasteiger partial charge is 0.0950 e. The van der Waals surface area contributed by atoms with Crippen LogP contribution in [0.15, 0.2) is 23.3 Å². The number of imidazole rings is 1. The Morgan fingerprint density at radius 1 is 1.41 bits per heavy atom. The van der Waals surface area contributed by atoms with Crippen LogP contribution >= 0.6 is 11.3 Å². The molecule has 0 amide bonds. The van der Waals surface area contributed by atoms with E-state index in [0.29, 0.717) is 0 Å². The Hall–Kier alpha value is -1.13. The largest absolute Gasteiger partial charge is 0.337 e. The quantitative estimate of drug-likeness (QED) is 0.883. The molecule has 1 unspecified atom stereocenters. The summed E-state index contributed by atoms with van der Waals surface area (Å²) < 4.78 is 2.11. The molecule has 0 aromatic carbocycles. The van der Waals surface area contributed by atoms with Crippen LogP contribution in [0, 0.1) is 6.92 Å². The van der Waals surface area contributed by atoms with Gasteiger partial charge in [0.2, 0.25) is 0 Å². The van der Waals surface area contributed by atoms with Crippen molar-refractivity contribution in [3.63, 3.8) is 0 Å². The van der Waals surface area contributed by atoms with E-state index in [1.54, 1.807) is 11.3 Å². The molecule has 0 aliphatic heterocycles. The van der Waals surface area contributed by atoms with Crippen molar-refractivity contribution in [2.75, 3.05) is 6.54 Å². The van der Waals surface area contributed by atoms with Crippen LogP contribution in [0.25, 0.3) is 0 Å². The van der Waals surface area contributed by atoms with E-state index in [4.69, 9.17) is 0 Å². The fourth-order valence-electron chi connectivity index (χ4n) is 1.94. The normalized spacial score (nSPS) is 12.9. The highest BCUT2D eigenvalue weighted by molar-refractivity contribution is 7.08. The minimum absolute atomic E-state index is 0.221. The molecule has 92 valence electrons. The first-order valence-corrected chi connectivity index (χ1v) is 6.98. The van der Waals surface area contributed by atoms with Crippen molar-refractivity contribution in [3.05, 3.63) is 40.1 Å². The van der Waals surface area contributed by atoms with E-state index in [0.717, 1.165) is 18.8 Å². The molecule has 2 aromatic rings. The van der Waals surface area contributed by atoms with Crippen LogP contribution in [-0.4, -0.2) is 16.1 Å². The molecular formula is C13H19N3S. The van der Waals surface area contributed by atoms with Crippen LogP contribution < -0.4 is 5.32 Å². The maximum absolute atomic E-state index is 4.51. The highest BCUT2D eigenvalue weighted by atomic mass is 32.1. The Balaban J connectivity index is 2.32. The zero-order chi connectivity index (χ0) is 12.3. The molecular weight excluding hydrogens is 230 g/mol. The van der Waals surface area contributed by atoms with Gasteiger partial charge in [-0.2, -0.15) is 11.3 Å². The molecule has 0 saturated heterocycles. The van der Waals surface area contributed by atoms with Gasteiger partial charge in [-0.05, 0) is 42.3 Å². The minimum Gasteiger partial charge on any atom is -0.337 e. The van der Waals surface area contributed by atoms with Crippen LogP contribution in [0.2, 0.25) is 0 Å². The van der Waals surface area contributed by atoms with Crippen LogP contribution in [0.3, 0.4) is 0 Å². The minimum atomic E-state index is 0.221. The summed E-state index contributed by atoms with van der Waals surface area (Å²) in [4.78, 5) is 4.51. The van der Waals surface area contributed by atoms with E-state index in [1.165, 1.54) is 11.1 Å². The Labute approximate surface area is 107 Å². The lowest BCUT2D eigenvalue weighted by molar-refractivity contribution is 0.616. The molecule has 2 heterocycles. The van der Waals surface area contributed by atoms with Gasteiger partial charge in [0.1, 0.15) is 0 Å². The number of rotatable bonds is 5. The molecule has 0 saturated carbocycles. The molecule has 1 N–H and O–H groups in total. The monoisotopic (exact) mass is 249 g/mol. The highest BCUT2D eigenvalue weighted by Gasteiger charge is 2.18. The van der Waals surface area contributed by atoms with Crippen LogP contribution in [0.1, 0.15) is 36.7 Å². The van der Waals surface area contributed by atoms with E-state index in [2.05, 4.69) is 52.6 Å². The second kappa shape index (κ2) is 5.47. The number of nitrogens with zero attached hydrogens (tertiary/aromatic N) is 2. The summed E-state index contributed by atoms with van der Waals surface area (Å²) in [6.45, 7) is 8.33. The molecule has 4 heteroatoms. The third-order valence-corrected chi connectivity index (χ3v) is 3.81. The third kappa shape index (κ3) is 2.58. The summed E-state index contributed by atoms with van der Waals surface area (Å²) in [5.74, 6) is 0. The molecule has 0 bridgehead atoms. The number of nitrogens with one attached hydrogen (secondary N) is 1. The fraction of sp³-hybridized carbons (Fsp3) is 0.462. The Morgan fingerprint density at radius 2 is 2.24 bits per heavy atom. The van der Waals surface area contributed by atoms with E-state index in [1.807, 2.05) is 6.33 Å². The second-order valence-electron chi connectivity index (χ2n) is 4.13. The van der Waals surface area contributed by atoms with Gasteiger partial charge in [-0.3, -0.25) is 0 Å². The summed E-state index contributed by atoms with van der Waals surface area (Å²) in [5, 5.41) is 7.92. The van der Waals surface area contributed by atoms with Crippen LogP contribution in [-0.2, 0) is 6.54 Å². The predicted molar refractivity (Wildman–Crippen MR) is 72.5 cm³/mol. The zero-order valence-corrected chi connectivity index (χ0v) is 11.4. The van der Waals surface area contributed by atoms with Crippen molar-refractivity contribution >= 4 is 11.3 Å². The summed E-state index contributed by atoms with van der Waals surface area (Å²) in [7, 11) is 0. The van der Waals surface area contributed by atoms with Crippen molar-refractivity contribution in [2.24, 2.45) is 0 Å². The molecule has 3 nitrogen and oxygen atoms in total. The average molecular weight is 249 g/mol. The molecule has 2 aromatic heterocycles. The van der Waals surface area contributed by atoms with E-state index in [9.17, 15) is 0 Å². The van der Waals surface area contributed by atoms with Crippen LogP contribution in [0.5, 0.6) is 0 Å². The standard InChI is InChI=1S/C13H19N3S/c1-4-14-13(11-8-17-7-10(11)3)12-6-16(5-2)9-15-12/h6-9,13-14H,4-5H2,1-3H3. The number of aromatic nitrogens is 2. The first-order valence-electron chi connectivity index (χ1n) is 6.04. The van der Waals surface area contributed by atoms with E-state index >= 15 is 0 Å². The fourth-order valence-corrected chi connectivity index (χ4v) is 2.82. The van der Waals surface area contributed by atoms with Gasteiger partial charge in [0.05, 0.1) is 18.1 Å². The van der Waals surface area contributed by atoms with Crippen molar-refractivity contribution in [1.29, 1.82) is 0 Å². The summed E-state index contributed by atoms with van der Waals surface area (Å²) >= 11 is 1.75. The van der Waals surface area contributed by atoms with Crippen molar-refractivity contribution in [3.8, 4) is 0 Å². The maximum Gasteiger partial charge on any atom is 0.0950 e. The van der Waals surface area contributed by atoms with Gasteiger partial charge in [-0.1, -0.05) is 6.92 Å². The number of aryl methyl sites for hydroxylation is 2. The first-order chi connectivity index (χ1) is 8.26. The zero-order valence-electron chi connectivity index (χ0n) is 10.6. The lowest BCUT2D eigenvalue weighted by Crippen LogP contribution is -2.22. The summed E-state index contributed by atoms with van der Waals surface area (Å²) in [6, 6.07) is 0.221. The van der Waals surface area contributed by atoms with Gasteiger partial charge >= 0.3 is 0 Å². The van der Waals surface area contributed by atoms with Gasteiger partial charge < -0.3 is 9.88 Å². The molecule has 0 aliphatic carbocycles. The highest BCUT2D eigenvalue weighted by Crippen LogP contribution is 2.26. The summed E-state index contributed by atoms with van der Waals surface area (Å²) in [6.07, 6.45) is 4.03. The molecule has 0 radical (unpaired) electrons. The van der Waals surface area contributed by atoms with E-state index in [-0.39, 0.29) is 6.04 Å². The molecule has 0 fully saturated rings. The first kappa shape index (κ1) is 12.3. The average Bonchev–Trinajstić information content (AvgIpc) is 2.95. The third-order valence-electron chi connectivity index (χ3n) is 2.93. The predicted octanol–water partition coefficient (Wildman–Crippen LogP) is 2.97.